The molecule has 1 heterocycles. The standard InChI is InChI=1S/C20H23ClN2O3S/c1-20(2,3)19(24)23-11-10-14-12-16(8-9-18(14)23)22-27(25,26)13-15-6-4-5-7-17(15)21/h4-9,12,22H,10-11,13H2,1-3H3. The number of halogens is 1. The van der Waals surface area contributed by atoms with Crippen molar-refractivity contribution in [1.82, 2.24) is 0 Å². The van der Waals surface area contributed by atoms with Crippen molar-refractivity contribution in [2.45, 2.75) is 32.9 Å². The van der Waals surface area contributed by atoms with Gasteiger partial charge in [-0.3, -0.25) is 9.52 Å². The smallest absolute Gasteiger partial charge is 0.236 e. The molecule has 27 heavy (non-hydrogen) atoms. The first kappa shape index (κ1) is 19.7. The number of sulfonamides is 1. The van der Waals surface area contributed by atoms with Crippen LogP contribution in [0.15, 0.2) is 42.5 Å². The predicted octanol–water partition coefficient (Wildman–Crippen LogP) is 4.22. The van der Waals surface area contributed by atoms with Crippen molar-refractivity contribution < 1.29 is 13.2 Å². The van der Waals surface area contributed by atoms with Crippen LogP contribution in [0.3, 0.4) is 0 Å². The summed E-state index contributed by atoms with van der Waals surface area (Å²) in [5.41, 5.74) is 2.40. The zero-order chi connectivity index (χ0) is 19.8. The van der Waals surface area contributed by atoms with Gasteiger partial charge in [-0.2, -0.15) is 0 Å². The van der Waals surface area contributed by atoms with Gasteiger partial charge in [-0.05, 0) is 41.8 Å². The molecule has 0 aromatic heterocycles. The molecule has 2 aromatic carbocycles. The van der Waals surface area contributed by atoms with Crippen molar-refractivity contribution in [2.24, 2.45) is 5.41 Å². The number of carbonyl (C=O) groups excluding carboxylic acids is 1. The molecule has 0 atom stereocenters. The third kappa shape index (κ3) is 4.45. The van der Waals surface area contributed by atoms with Gasteiger partial charge in [0.15, 0.2) is 0 Å². The maximum atomic E-state index is 12.6. The first-order valence-corrected chi connectivity index (χ1v) is 10.8. The Morgan fingerprint density at radius 1 is 1.19 bits per heavy atom. The van der Waals surface area contributed by atoms with E-state index >= 15 is 0 Å². The minimum Gasteiger partial charge on any atom is -0.311 e. The Bertz CT molecular complexity index is 981. The van der Waals surface area contributed by atoms with Gasteiger partial charge in [0, 0.05) is 28.4 Å². The zero-order valence-electron chi connectivity index (χ0n) is 15.6. The fraction of sp³-hybridized carbons (Fsp3) is 0.350. The van der Waals surface area contributed by atoms with E-state index in [1.165, 1.54) is 0 Å². The monoisotopic (exact) mass is 406 g/mol. The number of hydrogen-bond donors (Lipinski definition) is 1. The number of rotatable bonds is 4. The Hall–Kier alpha value is -2.05. The Morgan fingerprint density at radius 2 is 1.89 bits per heavy atom. The van der Waals surface area contributed by atoms with E-state index in [9.17, 15) is 13.2 Å². The van der Waals surface area contributed by atoms with E-state index < -0.39 is 15.4 Å². The summed E-state index contributed by atoms with van der Waals surface area (Å²) in [4.78, 5) is 14.4. The number of anilines is 2. The normalized spacial score (nSPS) is 14.1. The second kappa shape index (κ2) is 7.17. The Kier molecular flexibility index (Phi) is 5.23. The van der Waals surface area contributed by atoms with Gasteiger partial charge in [0.25, 0.3) is 0 Å². The van der Waals surface area contributed by atoms with Crippen LogP contribution in [0.5, 0.6) is 0 Å². The van der Waals surface area contributed by atoms with Crippen molar-refractivity contribution >= 4 is 38.9 Å². The highest BCUT2D eigenvalue weighted by Gasteiger charge is 2.32. The molecule has 0 unspecified atom stereocenters. The summed E-state index contributed by atoms with van der Waals surface area (Å²) in [6.07, 6.45) is 0.706. The van der Waals surface area contributed by atoms with Crippen LogP contribution in [0, 0.1) is 5.41 Å². The van der Waals surface area contributed by atoms with Crippen LogP contribution in [-0.4, -0.2) is 20.9 Å². The number of benzene rings is 2. The van der Waals surface area contributed by atoms with Crippen LogP contribution in [-0.2, 0) is 27.0 Å². The molecule has 1 aliphatic heterocycles. The molecule has 1 amide bonds. The second-order valence-corrected chi connectivity index (χ2v) is 9.88. The molecule has 0 saturated heterocycles. The average Bonchev–Trinajstić information content (AvgIpc) is 2.97. The first-order valence-electron chi connectivity index (χ1n) is 8.76. The van der Waals surface area contributed by atoms with Crippen LogP contribution >= 0.6 is 11.6 Å². The number of carbonyl (C=O) groups is 1. The lowest BCUT2D eigenvalue weighted by Gasteiger charge is -2.26. The highest BCUT2D eigenvalue weighted by atomic mass is 35.5. The largest absolute Gasteiger partial charge is 0.311 e. The fourth-order valence-electron chi connectivity index (χ4n) is 3.12. The maximum absolute atomic E-state index is 12.6. The highest BCUT2D eigenvalue weighted by molar-refractivity contribution is 7.91. The molecule has 0 radical (unpaired) electrons. The van der Waals surface area contributed by atoms with E-state index in [1.807, 2.05) is 20.8 Å². The molecule has 0 fully saturated rings. The molecule has 1 N–H and O–H groups in total. The van der Waals surface area contributed by atoms with E-state index in [4.69, 9.17) is 11.6 Å². The molecule has 3 rings (SSSR count). The maximum Gasteiger partial charge on any atom is 0.236 e. The second-order valence-electron chi connectivity index (χ2n) is 7.75. The lowest BCUT2D eigenvalue weighted by Crippen LogP contribution is -2.38. The van der Waals surface area contributed by atoms with Gasteiger partial charge in [0.05, 0.1) is 5.75 Å². The van der Waals surface area contributed by atoms with Gasteiger partial charge in [0.2, 0.25) is 15.9 Å². The zero-order valence-corrected chi connectivity index (χ0v) is 17.2. The highest BCUT2D eigenvalue weighted by Crippen LogP contribution is 2.34. The minimum absolute atomic E-state index is 0.0632. The SMILES string of the molecule is CC(C)(C)C(=O)N1CCc2cc(NS(=O)(=O)Cc3ccccc3Cl)ccc21. The van der Waals surface area contributed by atoms with Crippen LogP contribution < -0.4 is 9.62 Å². The minimum atomic E-state index is -3.60. The summed E-state index contributed by atoms with van der Waals surface area (Å²) in [7, 11) is -3.60. The summed E-state index contributed by atoms with van der Waals surface area (Å²) in [5.74, 6) is -0.133. The Labute approximate surface area is 165 Å². The molecular weight excluding hydrogens is 384 g/mol. The molecule has 2 aromatic rings. The van der Waals surface area contributed by atoms with E-state index in [2.05, 4.69) is 4.72 Å². The third-order valence-electron chi connectivity index (χ3n) is 4.44. The lowest BCUT2D eigenvalue weighted by molar-refractivity contribution is -0.125. The number of fused-ring (bicyclic) bond motifs is 1. The summed E-state index contributed by atoms with van der Waals surface area (Å²) in [6, 6.07) is 12.2. The third-order valence-corrected chi connectivity index (χ3v) is 6.04. The van der Waals surface area contributed by atoms with E-state index in [-0.39, 0.29) is 11.7 Å². The van der Waals surface area contributed by atoms with Gasteiger partial charge in [-0.1, -0.05) is 50.6 Å². The van der Waals surface area contributed by atoms with Crippen LogP contribution in [0.25, 0.3) is 0 Å². The first-order chi connectivity index (χ1) is 12.6. The summed E-state index contributed by atoms with van der Waals surface area (Å²) >= 11 is 6.06. The fourth-order valence-corrected chi connectivity index (χ4v) is 4.62. The molecule has 0 aliphatic carbocycles. The molecule has 7 heteroatoms. The van der Waals surface area contributed by atoms with Crippen molar-refractivity contribution in [1.29, 1.82) is 0 Å². The number of amides is 1. The Morgan fingerprint density at radius 3 is 2.56 bits per heavy atom. The topological polar surface area (TPSA) is 66.5 Å². The van der Waals surface area contributed by atoms with Crippen molar-refractivity contribution in [2.75, 3.05) is 16.2 Å². The number of nitrogens with zero attached hydrogens (tertiary/aromatic N) is 1. The molecular formula is C20H23ClN2O3S. The van der Waals surface area contributed by atoms with Crippen LogP contribution in [0.2, 0.25) is 5.02 Å². The van der Waals surface area contributed by atoms with Gasteiger partial charge in [-0.15, -0.1) is 0 Å². The molecule has 1 aliphatic rings. The van der Waals surface area contributed by atoms with Crippen LogP contribution in [0.4, 0.5) is 11.4 Å². The number of hydrogen-bond acceptors (Lipinski definition) is 3. The van der Waals surface area contributed by atoms with Crippen molar-refractivity contribution in [3.8, 4) is 0 Å². The molecule has 0 spiro atoms. The lowest BCUT2D eigenvalue weighted by atomic mass is 9.94. The van der Waals surface area contributed by atoms with Crippen molar-refractivity contribution in [3.05, 3.63) is 58.6 Å². The van der Waals surface area contributed by atoms with E-state index in [1.54, 1.807) is 47.4 Å². The van der Waals surface area contributed by atoms with Gasteiger partial charge in [-0.25, -0.2) is 8.42 Å². The van der Waals surface area contributed by atoms with Crippen molar-refractivity contribution in [3.63, 3.8) is 0 Å². The van der Waals surface area contributed by atoms with E-state index in [0.29, 0.717) is 29.2 Å². The Balaban J connectivity index is 1.78. The molecule has 144 valence electrons. The van der Waals surface area contributed by atoms with Crippen LogP contribution in [0.1, 0.15) is 31.9 Å². The predicted molar refractivity (Wildman–Crippen MR) is 110 cm³/mol. The van der Waals surface area contributed by atoms with Gasteiger partial charge in [0.1, 0.15) is 0 Å². The molecule has 5 nitrogen and oxygen atoms in total. The summed E-state index contributed by atoms with van der Waals surface area (Å²) < 4.78 is 27.6. The van der Waals surface area contributed by atoms with E-state index in [0.717, 1.165) is 11.3 Å². The van der Waals surface area contributed by atoms with Gasteiger partial charge < -0.3 is 4.90 Å². The summed E-state index contributed by atoms with van der Waals surface area (Å²) in [6.45, 7) is 6.29. The van der Waals surface area contributed by atoms with Gasteiger partial charge >= 0.3 is 0 Å². The summed E-state index contributed by atoms with van der Waals surface area (Å²) in [5, 5.41) is 0.424. The molecule has 0 bridgehead atoms. The molecule has 0 saturated carbocycles. The quantitative estimate of drug-likeness (QED) is 0.826. The average molecular weight is 407 g/mol. The number of nitrogens with one attached hydrogen (secondary N) is 1.